The topological polar surface area (TPSA) is 117 Å². The minimum Gasteiger partial charge on any atom is -0.449 e. The van der Waals surface area contributed by atoms with Crippen LogP contribution in [-0.2, 0) is 14.6 Å². The Balaban J connectivity index is 1.39. The zero-order chi connectivity index (χ0) is 18.9. The van der Waals surface area contributed by atoms with Gasteiger partial charge in [0.1, 0.15) is 5.82 Å². The Labute approximate surface area is 158 Å². The van der Waals surface area contributed by atoms with Crippen molar-refractivity contribution < 1.29 is 17.9 Å². The standard InChI is InChI=1S/C16H24N6O4S/c23-16-21(6-1-9-26-16)7-4-19-15-18-3-2-14(20-15)22-8-5-17-12-10-27(24,25)11-13(12)22/h2-3,12-13,17H,1,4-11H2,(H,18,19,20)/t12-,13+/m0/s1. The van der Waals surface area contributed by atoms with Crippen LogP contribution in [0.4, 0.5) is 16.6 Å². The highest BCUT2D eigenvalue weighted by molar-refractivity contribution is 7.91. The number of fused-ring (bicyclic) bond motifs is 1. The van der Waals surface area contributed by atoms with Crippen molar-refractivity contribution in [3.8, 4) is 0 Å². The number of amides is 1. The van der Waals surface area contributed by atoms with Crippen LogP contribution >= 0.6 is 0 Å². The fourth-order valence-electron chi connectivity index (χ4n) is 3.85. The van der Waals surface area contributed by atoms with E-state index in [9.17, 15) is 13.2 Å². The van der Waals surface area contributed by atoms with Gasteiger partial charge in [0.15, 0.2) is 9.84 Å². The molecule has 2 atom stereocenters. The number of carbonyl (C=O) groups is 1. The first-order valence-corrected chi connectivity index (χ1v) is 11.0. The number of sulfone groups is 1. The molecule has 0 radical (unpaired) electrons. The molecule has 0 spiro atoms. The van der Waals surface area contributed by atoms with Crippen LogP contribution < -0.4 is 15.5 Å². The molecule has 3 saturated heterocycles. The summed E-state index contributed by atoms with van der Waals surface area (Å²) in [5.41, 5.74) is 0. The number of aromatic nitrogens is 2. The van der Waals surface area contributed by atoms with E-state index in [1.165, 1.54) is 0 Å². The lowest BCUT2D eigenvalue weighted by Crippen LogP contribution is -2.57. The van der Waals surface area contributed by atoms with E-state index in [2.05, 4.69) is 25.5 Å². The summed E-state index contributed by atoms with van der Waals surface area (Å²) in [7, 11) is -3.02. The van der Waals surface area contributed by atoms with Crippen LogP contribution in [0.15, 0.2) is 12.3 Å². The lowest BCUT2D eigenvalue weighted by Gasteiger charge is -2.38. The van der Waals surface area contributed by atoms with Crippen LogP contribution in [0.25, 0.3) is 0 Å². The molecule has 4 rings (SSSR count). The van der Waals surface area contributed by atoms with Gasteiger partial charge >= 0.3 is 6.09 Å². The quantitative estimate of drug-likeness (QED) is 0.667. The summed E-state index contributed by atoms with van der Waals surface area (Å²) in [5, 5.41) is 6.43. The average Bonchev–Trinajstić information content (AvgIpc) is 2.97. The number of nitrogens with one attached hydrogen (secondary N) is 2. The maximum atomic E-state index is 12.0. The Morgan fingerprint density at radius 2 is 2.22 bits per heavy atom. The predicted molar refractivity (Wildman–Crippen MR) is 99.6 cm³/mol. The second-order valence-electron chi connectivity index (χ2n) is 7.02. The van der Waals surface area contributed by atoms with Crippen LogP contribution in [0.2, 0.25) is 0 Å². The SMILES string of the molecule is O=C1OCCCN1CCNc1nccc(N2CCN[C@H]3CS(=O)(=O)C[C@H]32)n1. The molecule has 4 heterocycles. The molecule has 2 N–H and O–H groups in total. The van der Waals surface area contributed by atoms with E-state index in [1.54, 1.807) is 17.2 Å². The Morgan fingerprint density at radius 1 is 1.33 bits per heavy atom. The van der Waals surface area contributed by atoms with Crippen molar-refractivity contribution >= 4 is 27.7 Å². The summed E-state index contributed by atoms with van der Waals surface area (Å²) in [4.78, 5) is 24.1. The van der Waals surface area contributed by atoms with Gasteiger partial charge < -0.3 is 25.2 Å². The second kappa shape index (κ2) is 7.47. The van der Waals surface area contributed by atoms with E-state index in [0.29, 0.717) is 38.7 Å². The molecule has 0 unspecified atom stereocenters. The molecule has 1 aromatic heterocycles. The molecule has 10 nitrogen and oxygen atoms in total. The number of carbonyl (C=O) groups excluding carboxylic acids is 1. The first-order chi connectivity index (χ1) is 13.0. The average molecular weight is 396 g/mol. The summed E-state index contributed by atoms with van der Waals surface area (Å²) in [6.45, 7) is 3.63. The van der Waals surface area contributed by atoms with Gasteiger partial charge in [-0.15, -0.1) is 0 Å². The zero-order valence-corrected chi connectivity index (χ0v) is 15.8. The van der Waals surface area contributed by atoms with Crippen molar-refractivity contribution in [2.24, 2.45) is 0 Å². The number of hydrogen-bond donors (Lipinski definition) is 2. The number of nitrogens with zero attached hydrogens (tertiary/aromatic N) is 4. The molecule has 0 saturated carbocycles. The van der Waals surface area contributed by atoms with Gasteiger partial charge in [0.05, 0.1) is 24.2 Å². The Morgan fingerprint density at radius 3 is 3.07 bits per heavy atom. The monoisotopic (exact) mass is 396 g/mol. The molecule has 3 aliphatic rings. The lowest BCUT2D eigenvalue weighted by molar-refractivity contribution is 0.0746. The first kappa shape index (κ1) is 18.2. The Kier molecular flexibility index (Phi) is 5.04. The van der Waals surface area contributed by atoms with Crippen LogP contribution in [0.5, 0.6) is 0 Å². The molecule has 3 fully saturated rings. The molecule has 3 aliphatic heterocycles. The van der Waals surface area contributed by atoms with Gasteiger partial charge in [0.25, 0.3) is 0 Å². The zero-order valence-electron chi connectivity index (χ0n) is 15.0. The number of hydrogen-bond acceptors (Lipinski definition) is 9. The summed E-state index contributed by atoms with van der Waals surface area (Å²) in [6, 6.07) is 1.65. The number of ether oxygens (including phenoxy) is 1. The van der Waals surface area contributed by atoms with E-state index in [1.807, 2.05) is 0 Å². The van der Waals surface area contributed by atoms with Crippen molar-refractivity contribution in [1.29, 1.82) is 0 Å². The van der Waals surface area contributed by atoms with Crippen LogP contribution in [0.3, 0.4) is 0 Å². The fourth-order valence-corrected chi connectivity index (χ4v) is 5.81. The van der Waals surface area contributed by atoms with Gasteiger partial charge in [-0.05, 0) is 12.5 Å². The molecular formula is C16H24N6O4S. The van der Waals surface area contributed by atoms with Gasteiger partial charge in [0.2, 0.25) is 5.95 Å². The third kappa shape index (κ3) is 4.08. The van der Waals surface area contributed by atoms with Crippen LogP contribution in [0, 0.1) is 0 Å². The predicted octanol–water partition coefficient (Wildman–Crippen LogP) is -0.694. The molecule has 0 bridgehead atoms. The second-order valence-corrected chi connectivity index (χ2v) is 9.17. The van der Waals surface area contributed by atoms with Crippen LogP contribution in [0.1, 0.15) is 6.42 Å². The molecule has 0 aliphatic carbocycles. The Hall–Kier alpha value is -2.14. The molecule has 0 aromatic carbocycles. The summed E-state index contributed by atoms with van der Waals surface area (Å²) < 4.78 is 29.0. The maximum Gasteiger partial charge on any atom is 0.409 e. The number of piperazine rings is 1. The molecule has 1 amide bonds. The van der Waals surface area contributed by atoms with Gasteiger partial charge in [-0.2, -0.15) is 4.98 Å². The highest BCUT2D eigenvalue weighted by atomic mass is 32.2. The smallest absolute Gasteiger partial charge is 0.409 e. The summed E-state index contributed by atoms with van der Waals surface area (Å²) >= 11 is 0. The molecular weight excluding hydrogens is 372 g/mol. The van der Waals surface area contributed by atoms with Gasteiger partial charge in [-0.3, -0.25) is 0 Å². The van der Waals surface area contributed by atoms with Crippen molar-refractivity contribution in [2.45, 2.75) is 18.5 Å². The van der Waals surface area contributed by atoms with E-state index < -0.39 is 9.84 Å². The number of anilines is 2. The van der Waals surface area contributed by atoms with Crippen molar-refractivity contribution in [3.05, 3.63) is 12.3 Å². The third-order valence-electron chi connectivity index (χ3n) is 5.14. The number of cyclic esters (lactones) is 1. The lowest BCUT2D eigenvalue weighted by atomic mass is 10.1. The molecule has 1 aromatic rings. The molecule has 148 valence electrons. The largest absolute Gasteiger partial charge is 0.449 e. The van der Waals surface area contributed by atoms with E-state index >= 15 is 0 Å². The van der Waals surface area contributed by atoms with E-state index in [4.69, 9.17) is 4.74 Å². The van der Waals surface area contributed by atoms with Crippen LogP contribution in [-0.4, -0.2) is 92.3 Å². The first-order valence-electron chi connectivity index (χ1n) is 9.21. The van der Waals surface area contributed by atoms with Crippen molar-refractivity contribution in [2.75, 3.05) is 61.1 Å². The minimum absolute atomic E-state index is 0.0553. The van der Waals surface area contributed by atoms with Gasteiger partial charge in [-0.25, -0.2) is 18.2 Å². The van der Waals surface area contributed by atoms with Crippen molar-refractivity contribution in [3.63, 3.8) is 0 Å². The molecule has 11 heteroatoms. The fraction of sp³-hybridized carbons (Fsp3) is 0.688. The Bertz CT molecular complexity index is 804. The maximum absolute atomic E-state index is 12.0. The summed E-state index contributed by atoms with van der Waals surface area (Å²) in [5.74, 6) is 1.51. The van der Waals surface area contributed by atoms with E-state index in [-0.39, 0.29) is 29.7 Å². The highest BCUT2D eigenvalue weighted by Gasteiger charge is 2.43. The van der Waals surface area contributed by atoms with Gasteiger partial charge in [0, 0.05) is 45.0 Å². The third-order valence-corrected chi connectivity index (χ3v) is 6.85. The molecule has 27 heavy (non-hydrogen) atoms. The minimum atomic E-state index is -3.02. The normalized spacial score (nSPS) is 27.2. The number of rotatable bonds is 5. The summed E-state index contributed by atoms with van der Waals surface area (Å²) in [6.07, 6.45) is 2.22. The highest BCUT2D eigenvalue weighted by Crippen LogP contribution is 2.25. The van der Waals surface area contributed by atoms with Gasteiger partial charge in [-0.1, -0.05) is 0 Å². The van der Waals surface area contributed by atoms with Crippen molar-refractivity contribution in [1.82, 2.24) is 20.2 Å². The van der Waals surface area contributed by atoms with E-state index in [0.717, 1.165) is 18.8 Å².